The van der Waals surface area contributed by atoms with Gasteiger partial charge >= 0.3 is 5.97 Å². The topological polar surface area (TPSA) is 39.2 Å². The Bertz CT molecular complexity index is 464. The van der Waals surface area contributed by atoms with Gasteiger partial charge in [0.15, 0.2) is 0 Å². The van der Waals surface area contributed by atoms with Gasteiger partial charge in [-0.1, -0.05) is 0 Å². The average Bonchev–Trinajstić information content (AvgIpc) is 2.78. The molecule has 0 atom stereocenters. The molecule has 15 heavy (non-hydrogen) atoms. The Labute approximate surface area is 91.4 Å². The summed E-state index contributed by atoms with van der Waals surface area (Å²) in [5, 5.41) is 1.79. The Morgan fingerprint density at radius 1 is 1.40 bits per heavy atom. The van der Waals surface area contributed by atoms with Crippen LogP contribution in [0.4, 0.5) is 0 Å². The average molecular weight is 219 g/mol. The van der Waals surface area contributed by atoms with Gasteiger partial charge in [0, 0.05) is 22.7 Å². The molecule has 0 N–H and O–H groups in total. The van der Waals surface area contributed by atoms with Gasteiger partial charge < -0.3 is 4.74 Å². The summed E-state index contributed by atoms with van der Waals surface area (Å²) >= 11 is 1.52. The molecule has 2 heterocycles. The van der Waals surface area contributed by atoms with Crippen LogP contribution < -0.4 is 0 Å². The lowest BCUT2D eigenvalue weighted by molar-refractivity contribution is 0.0601. The predicted molar refractivity (Wildman–Crippen MR) is 58.9 cm³/mol. The fraction of sp³-hybridized carbons (Fsp3) is 0.0909. The number of carbonyl (C=O) groups is 1. The third-order valence-corrected chi connectivity index (χ3v) is 2.96. The van der Waals surface area contributed by atoms with Gasteiger partial charge in [0.25, 0.3) is 0 Å². The Morgan fingerprint density at radius 2 is 2.13 bits per heavy atom. The van der Waals surface area contributed by atoms with Crippen LogP contribution in [0, 0.1) is 0 Å². The van der Waals surface area contributed by atoms with E-state index >= 15 is 0 Å². The van der Waals surface area contributed by atoms with E-state index < -0.39 is 0 Å². The number of esters is 1. The van der Waals surface area contributed by atoms with Crippen molar-refractivity contribution in [3.8, 4) is 10.4 Å². The van der Waals surface area contributed by atoms with Crippen molar-refractivity contribution in [2.45, 2.75) is 0 Å². The highest BCUT2D eigenvalue weighted by Crippen LogP contribution is 2.26. The second-order valence-electron chi connectivity index (χ2n) is 2.93. The van der Waals surface area contributed by atoms with Gasteiger partial charge in [0.05, 0.1) is 12.7 Å². The number of hydrogen-bond acceptors (Lipinski definition) is 4. The molecule has 0 spiro atoms. The number of ether oxygens (including phenoxy) is 1. The molecule has 0 fully saturated rings. The molecule has 0 aliphatic rings. The van der Waals surface area contributed by atoms with Crippen molar-refractivity contribution >= 4 is 17.3 Å². The summed E-state index contributed by atoms with van der Waals surface area (Å²) in [6, 6.07) is 5.64. The van der Waals surface area contributed by atoms with E-state index in [0.717, 1.165) is 10.4 Å². The minimum Gasteiger partial charge on any atom is -0.465 e. The minimum absolute atomic E-state index is 0.299. The number of nitrogens with zero attached hydrogens (tertiary/aromatic N) is 1. The quantitative estimate of drug-likeness (QED) is 0.729. The maximum Gasteiger partial charge on any atom is 0.338 e. The zero-order chi connectivity index (χ0) is 10.7. The predicted octanol–water partition coefficient (Wildman–Crippen LogP) is 2.60. The number of thiophene rings is 1. The van der Waals surface area contributed by atoms with Gasteiger partial charge in [-0.2, -0.15) is 0 Å². The third kappa shape index (κ3) is 2.05. The molecule has 2 aromatic rings. The number of carbonyl (C=O) groups excluding carboxylic acids is 1. The molecule has 2 aromatic heterocycles. The fourth-order valence-corrected chi connectivity index (χ4v) is 2.11. The van der Waals surface area contributed by atoms with Crippen LogP contribution in [-0.4, -0.2) is 18.1 Å². The van der Waals surface area contributed by atoms with Crippen LogP contribution in [-0.2, 0) is 4.74 Å². The first-order valence-corrected chi connectivity index (χ1v) is 5.26. The minimum atomic E-state index is -0.299. The summed E-state index contributed by atoms with van der Waals surface area (Å²) in [5.74, 6) is -0.299. The first-order valence-electron chi connectivity index (χ1n) is 4.38. The molecular weight excluding hydrogens is 210 g/mol. The summed E-state index contributed by atoms with van der Waals surface area (Å²) in [6.45, 7) is 0. The lowest BCUT2D eigenvalue weighted by Gasteiger charge is -1.94. The Hall–Kier alpha value is -1.68. The zero-order valence-corrected chi connectivity index (χ0v) is 8.95. The number of aromatic nitrogens is 1. The van der Waals surface area contributed by atoms with E-state index in [0.29, 0.717) is 5.56 Å². The van der Waals surface area contributed by atoms with E-state index in [2.05, 4.69) is 9.72 Å². The van der Waals surface area contributed by atoms with Crippen molar-refractivity contribution in [2.24, 2.45) is 0 Å². The summed E-state index contributed by atoms with van der Waals surface area (Å²) in [7, 11) is 1.38. The van der Waals surface area contributed by atoms with Crippen LogP contribution in [0.25, 0.3) is 10.4 Å². The second-order valence-corrected chi connectivity index (χ2v) is 3.84. The lowest BCUT2D eigenvalue weighted by Crippen LogP contribution is -1.97. The van der Waals surface area contributed by atoms with Crippen LogP contribution >= 0.6 is 11.3 Å². The summed E-state index contributed by atoms with van der Waals surface area (Å²) in [5.41, 5.74) is 1.65. The maximum atomic E-state index is 11.2. The monoisotopic (exact) mass is 219 g/mol. The molecule has 0 unspecified atom stereocenters. The highest BCUT2D eigenvalue weighted by atomic mass is 32.1. The van der Waals surface area contributed by atoms with E-state index in [1.165, 1.54) is 18.4 Å². The molecule has 76 valence electrons. The lowest BCUT2D eigenvalue weighted by atomic mass is 10.2. The Morgan fingerprint density at radius 3 is 2.80 bits per heavy atom. The SMILES string of the molecule is COC(=O)c1csc(-c2ccncc2)c1. The Kier molecular flexibility index (Phi) is 2.78. The van der Waals surface area contributed by atoms with E-state index in [4.69, 9.17) is 0 Å². The smallest absolute Gasteiger partial charge is 0.338 e. The van der Waals surface area contributed by atoms with Crippen molar-refractivity contribution < 1.29 is 9.53 Å². The van der Waals surface area contributed by atoms with Gasteiger partial charge in [0.1, 0.15) is 0 Å². The van der Waals surface area contributed by atoms with Gasteiger partial charge in [-0.3, -0.25) is 4.98 Å². The van der Waals surface area contributed by atoms with E-state index in [-0.39, 0.29) is 5.97 Å². The van der Waals surface area contributed by atoms with Crippen LogP contribution in [0.3, 0.4) is 0 Å². The standard InChI is InChI=1S/C11H9NO2S/c1-14-11(13)9-6-10(15-7-9)8-2-4-12-5-3-8/h2-7H,1H3. The maximum absolute atomic E-state index is 11.2. The Balaban J connectivity index is 2.32. The van der Waals surface area contributed by atoms with Crippen LogP contribution in [0.5, 0.6) is 0 Å². The van der Waals surface area contributed by atoms with Gasteiger partial charge in [-0.15, -0.1) is 11.3 Å². The molecule has 3 nitrogen and oxygen atoms in total. The highest BCUT2D eigenvalue weighted by molar-refractivity contribution is 7.13. The number of pyridine rings is 1. The molecule has 0 amide bonds. The summed E-state index contributed by atoms with van der Waals surface area (Å²) < 4.78 is 4.64. The number of rotatable bonds is 2. The largest absolute Gasteiger partial charge is 0.465 e. The van der Waals surface area contributed by atoms with Crippen LogP contribution in [0.15, 0.2) is 36.0 Å². The van der Waals surface area contributed by atoms with Crippen molar-refractivity contribution in [3.05, 3.63) is 41.5 Å². The summed E-state index contributed by atoms with van der Waals surface area (Å²) in [6.07, 6.45) is 3.46. The van der Waals surface area contributed by atoms with Crippen molar-refractivity contribution in [2.75, 3.05) is 7.11 Å². The molecule has 0 saturated carbocycles. The second kappa shape index (κ2) is 4.23. The van der Waals surface area contributed by atoms with Crippen molar-refractivity contribution in [1.29, 1.82) is 0 Å². The van der Waals surface area contributed by atoms with Gasteiger partial charge in [-0.25, -0.2) is 4.79 Å². The molecule has 0 aliphatic carbocycles. The zero-order valence-electron chi connectivity index (χ0n) is 8.14. The molecule has 0 radical (unpaired) electrons. The van der Waals surface area contributed by atoms with Gasteiger partial charge in [0.2, 0.25) is 0 Å². The van der Waals surface area contributed by atoms with Gasteiger partial charge in [-0.05, 0) is 23.8 Å². The molecule has 2 rings (SSSR count). The molecular formula is C11H9NO2S. The van der Waals surface area contributed by atoms with E-state index in [1.54, 1.807) is 17.8 Å². The fourth-order valence-electron chi connectivity index (χ4n) is 1.23. The highest BCUT2D eigenvalue weighted by Gasteiger charge is 2.09. The van der Waals surface area contributed by atoms with E-state index in [9.17, 15) is 4.79 Å². The number of methoxy groups -OCH3 is 1. The third-order valence-electron chi connectivity index (χ3n) is 1.99. The first-order chi connectivity index (χ1) is 7.31. The normalized spacial score (nSPS) is 9.93. The molecule has 4 heteroatoms. The van der Waals surface area contributed by atoms with Crippen LogP contribution in [0.2, 0.25) is 0 Å². The number of hydrogen-bond donors (Lipinski definition) is 0. The van der Waals surface area contributed by atoms with E-state index in [1.807, 2.05) is 18.2 Å². The van der Waals surface area contributed by atoms with Crippen molar-refractivity contribution in [3.63, 3.8) is 0 Å². The molecule has 0 bridgehead atoms. The molecule has 0 aliphatic heterocycles. The molecule has 0 aromatic carbocycles. The summed E-state index contributed by atoms with van der Waals surface area (Å²) in [4.78, 5) is 16.2. The first kappa shape index (κ1) is 9.86. The van der Waals surface area contributed by atoms with Crippen molar-refractivity contribution in [1.82, 2.24) is 4.98 Å². The molecule has 0 saturated heterocycles. The van der Waals surface area contributed by atoms with Crippen LogP contribution in [0.1, 0.15) is 10.4 Å².